The molecular weight excluding hydrogens is 384 g/mol. The molecule has 0 aromatic heterocycles. The van der Waals surface area contributed by atoms with Crippen LogP contribution in [0.3, 0.4) is 0 Å². The second-order valence-corrected chi connectivity index (χ2v) is 7.51. The van der Waals surface area contributed by atoms with Crippen LogP contribution in [0.2, 0.25) is 0 Å². The van der Waals surface area contributed by atoms with Crippen LogP contribution in [0.4, 0.5) is 11.4 Å². The Morgan fingerprint density at radius 1 is 0.613 bits per heavy atom. The van der Waals surface area contributed by atoms with E-state index in [-0.39, 0.29) is 0 Å². The van der Waals surface area contributed by atoms with Gasteiger partial charge < -0.3 is 20.5 Å². The summed E-state index contributed by atoms with van der Waals surface area (Å²) in [5.41, 5.74) is 11.9. The average molecular weight is 411 g/mol. The van der Waals surface area contributed by atoms with E-state index in [1.165, 1.54) is 0 Å². The Morgan fingerprint density at radius 2 is 1.10 bits per heavy atom. The zero-order chi connectivity index (χ0) is 21.8. The average Bonchev–Trinajstić information content (AvgIpc) is 2.78. The lowest BCUT2D eigenvalue weighted by molar-refractivity contribution is 0.478. The first-order valence-corrected chi connectivity index (χ1v) is 10.2. The maximum absolute atomic E-state index is 6.05. The van der Waals surface area contributed by atoms with Crippen LogP contribution in [0.15, 0.2) is 84.9 Å². The minimum absolute atomic E-state index is 0.734. The third kappa shape index (κ3) is 4.81. The van der Waals surface area contributed by atoms with Crippen molar-refractivity contribution in [2.75, 3.05) is 18.1 Å². The number of hydrogen-bond acceptors (Lipinski definition) is 4. The topological polar surface area (TPSA) is 56.5 Å². The summed E-state index contributed by atoms with van der Waals surface area (Å²) in [4.78, 5) is 0. The van der Waals surface area contributed by atoms with Crippen LogP contribution >= 0.6 is 0 Å². The van der Waals surface area contributed by atoms with Crippen LogP contribution < -0.4 is 20.5 Å². The van der Waals surface area contributed by atoms with Crippen molar-refractivity contribution in [2.45, 2.75) is 13.8 Å². The minimum atomic E-state index is 0.734. The molecule has 0 radical (unpaired) electrons. The van der Waals surface area contributed by atoms with E-state index in [9.17, 15) is 0 Å². The van der Waals surface area contributed by atoms with E-state index in [1.807, 2.05) is 75.5 Å². The van der Waals surface area contributed by atoms with Gasteiger partial charge in [0.25, 0.3) is 0 Å². The number of hydrogen-bond donors (Lipinski definition) is 2. The van der Waals surface area contributed by atoms with Gasteiger partial charge in [0, 0.05) is 18.4 Å². The highest BCUT2D eigenvalue weighted by Gasteiger charge is 2.06. The molecule has 4 nitrogen and oxygen atoms in total. The van der Waals surface area contributed by atoms with Crippen LogP contribution in [0.25, 0.3) is 11.1 Å². The molecule has 4 heteroatoms. The highest BCUT2D eigenvalue weighted by Crippen LogP contribution is 2.31. The van der Waals surface area contributed by atoms with Crippen molar-refractivity contribution in [2.24, 2.45) is 0 Å². The van der Waals surface area contributed by atoms with Crippen LogP contribution in [-0.2, 0) is 0 Å². The number of anilines is 2. The van der Waals surface area contributed by atoms with Gasteiger partial charge in [0.2, 0.25) is 0 Å². The van der Waals surface area contributed by atoms with E-state index in [0.717, 1.165) is 56.6 Å². The Bertz CT molecular complexity index is 1180. The lowest BCUT2D eigenvalue weighted by atomic mass is 10.1. The van der Waals surface area contributed by atoms with Gasteiger partial charge in [-0.1, -0.05) is 24.3 Å². The molecule has 0 bridgehead atoms. The summed E-state index contributed by atoms with van der Waals surface area (Å²) >= 11 is 0. The third-order valence-electron chi connectivity index (χ3n) is 5.16. The summed E-state index contributed by atoms with van der Waals surface area (Å²) in [7, 11) is 1.91. The van der Waals surface area contributed by atoms with Crippen molar-refractivity contribution < 1.29 is 9.47 Å². The number of nitrogens with two attached hydrogens (primary N) is 1. The van der Waals surface area contributed by atoms with Gasteiger partial charge in [-0.15, -0.1) is 0 Å². The first-order valence-electron chi connectivity index (χ1n) is 10.2. The molecule has 0 aliphatic carbocycles. The van der Waals surface area contributed by atoms with E-state index in [2.05, 4.69) is 35.6 Å². The van der Waals surface area contributed by atoms with Gasteiger partial charge in [0.05, 0.1) is 0 Å². The molecule has 4 aromatic carbocycles. The SMILES string of the molecule is CNc1ccc(Oc2ccc(-c3ccc(Oc4ccc(N)cc4C)cc3)cc2)c(C)c1. The van der Waals surface area contributed by atoms with E-state index in [1.54, 1.807) is 0 Å². The maximum atomic E-state index is 6.05. The van der Waals surface area contributed by atoms with Crippen molar-refractivity contribution in [1.29, 1.82) is 0 Å². The predicted molar refractivity (Wildman–Crippen MR) is 128 cm³/mol. The highest BCUT2D eigenvalue weighted by atomic mass is 16.5. The van der Waals surface area contributed by atoms with Gasteiger partial charge >= 0.3 is 0 Å². The largest absolute Gasteiger partial charge is 0.457 e. The second-order valence-electron chi connectivity index (χ2n) is 7.51. The van der Waals surface area contributed by atoms with Crippen molar-refractivity contribution in [3.63, 3.8) is 0 Å². The van der Waals surface area contributed by atoms with Gasteiger partial charge in [-0.2, -0.15) is 0 Å². The highest BCUT2D eigenvalue weighted by molar-refractivity contribution is 5.65. The first-order chi connectivity index (χ1) is 15.0. The van der Waals surface area contributed by atoms with Gasteiger partial charge in [-0.3, -0.25) is 0 Å². The van der Waals surface area contributed by atoms with Gasteiger partial charge in [0.15, 0.2) is 0 Å². The minimum Gasteiger partial charge on any atom is -0.457 e. The van der Waals surface area contributed by atoms with E-state index < -0.39 is 0 Å². The lowest BCUT2D eigenvalue weighted by Crippen LogP contribution is -1.92. The Balaban J connectivity index is 1.45. The van der Waals surface area contributed by atoms with E-state index in [0.29, 0.717) is 0 Å². The molecule has 0 unspecified atom stereocenters. The Labute approximate surface area is 183 Å². The molecule has 4 rings (SSSR count). The van der Waals surface area contributed by atoms with Gasteiger partial charge in [-0.05, 0) is 96.8 Å². The van der Waals surface area contributed by atoms with Crippen molar-refractivity contribution >= 4 is 11.4 Å². The quantitative estimate of drug-likeness (QED) is 0.331. The fourth-order valence-electron chi connectivity index (χ4n) is 3.39. The molecular formula is C27H26N2O2. The van der Waals surface area contributed by atoms with E-state index >= 15 is 0 Å². The summed E-state index contributed by atoms with van der Waals surface area (Å²) in [6, 6.07) is 27.9. The molecule has 0 heterocycles. The monoisotopic (exact) mass is 410 g/mol. The summed E-state index contributed by atoms with van der Waals surface area (Å²) in [6.45, 7) is 4.03. The number of nitrogen functional groups attached to an aromatic ring is 1. The van der Waals surface area contributed by atoms with Crippen LogP contribution in [-0.4, -0.2) is 7.05 Å². The van der Waals surface area contributed by atoms with Crippen molar-refractivity contribution in [3.05, 3.63) is 96.1 Å². The van der Waals surface area contributed by atoms with Crippen molar-refractivity contribution in [1.82, 2.24) is 0 Å². The Kier molecular flexibility index (Phi) is 5.80. The molecule has 3 N–H and O–H groups in total. The molecule has 0 saturated carbocycles. The molecule has 31 heavy (non-hydrogen) atoms. The zero-order valence-corrected chi connectivity index (χ0v) is 18.0. The van der Waals surface area contributed by atoms with Gasteiger partial charge in [0.1, 0.15) is 23.0 Å². The zero-order valence-electron chi connectivity index (χ0n) is 18.0. The molecule has 0 aliphatic rings. The number of nitrogens with one attached hydrogen (secondary N) is 1. The van der Waals surface area contributed by atoms with Gasteiger partial charge in [-0.25, -0.2) is 0 Å². The fraction of sp³-hybridized carbons (Fsp3) is 0.111. The summed E-state index contributed by atoms with van der Waals surface area (Å²) < 4.78 is 12.0. The number of aryl methyl sites for hydroxylation is 2. The first kappa shape index (κ1) is 20.4. The summed E-state index contributed by atoms with van der Waals surface area (Å²) in [5, 5.41) is 3.14. The molecule has 0 amide bonds. The molecule has 0 fully saturated rings. The smallest absolute Gasteiger partial charge is 0.130 e. The Morgan fingerprint density at radius 3 is 1.55 bits per heavy atom. The normalized spacial score (nSPS) is 10.5. The fourth-order valence-corrected chi connectivity index (χ4v) is 3.39. The van der Waals surface area contributed by atoms with Crippen LogP contribution in [0.5, 0.6) is 23.0 Å². The summed E-state index contributed by atoms with van der Waals surface area (Å²) in [5.74, 6) is 3.26. The van der Waals surface area contributed by atoms with Crippen LogP contribution in [0.1, 0.15) is 11.1 Å². The predicted octanol–water partition coefficient (Wildman–Crippen LogP) is 7.18. The third-order valence-corrected chi connectivity index (χ3v) is 5.16. The molecule has 0 saturated heterocycles. The number of benzene rings is 4. The second kappa shape index (κ2) is 8.84. The number of rotatable bonds is 6. The number of ether oxygens (including phenoxy) is 2. The summed E-state index contributed by atoms with van der Waals surface area (Å²) in [6.07, 6.45) is 0. The molecule has 4 aromatic rings. The van der Waals surface area contributed by atoms with E-state index in [4.69, 9.17) is 15.2 Å². The molecule has 0 spiro atoms. The Hall–Kier alpha value is -3.92. The molecule has 0 aliphatic heterocycles. The molecule has 0 atom stereocenters. The maximum Gasteiger partial charge on any atom is 0.130 e. The lowest BCUT2D eigenvalue weighted by Gasteiger charge is -2.12. The van der Waals surface area contributed by atoms with Crippen LogP contribution in [0, 0.1) is 13.8 Å². The molecule has 156 valence electrons. The van der Waals surface area contributed by atoms with Crippen molar-refractivity contribution in [3.8, 4) is 34.1 Å². The standard InChI is InChI=1S/C27H26N2O2/c1-18-16-22(28)8-14-26(18)30-24-10-4-20(5-11-24)21-6-12-25(13-7-21)31-27-15-9-23(29-3)17-19(27)2/h4-17,29H,28H2,1-3H3.